The maximum absolute atomic E-state index is 6.61. The molecule has 2 N–H and O–H groups in total. The average molecular weight is 235 g/mol. The van der Waals surface area contributed by atoms with Gasteiger partial charge in [-0.1, -0.05) is 31.8 Å². The number of aromatic nitrogens is 2. The van der Waals surface area contributed by atoms with Crippen LogP contribution in [0, 0.1) is 5.41 Å². The molecule has 94 valence electrons. The summed E-state index contributed by atoms with van der Waals surface area (Å²) in [7, 11) is 0. The molecular weight excluding hydrogens is 214 g/mol. The normalized spacial score (nSPS) is 32.6. The molecule has 2 fully saturated rings. The molecular formula is C13H21N3O. The number of hydrogen-bond donors (Lipinski definition) is 1. The Morgan fingerprint density at radius 1 is 1.24 bits per heavy atom. The molecule has 1 heterocycles. The zero-order valence-electron chi connectivity index (χ0n) is 10.7. The van der Waals surface area contributed by atoms with Crippen LogP contribution in [0.4, 0.5) is 0 Å². The quantitative estimate of drug-likeness (QED) is 0.856. The van der Waals surface area contributed by atoms with Gasteiger partial charge in [0, 0.05) is 5.92 Å². The summed E-state index contributed by atoms with van der Waals surface area (Å²) in [6, 6.07) is 0. The van der Waals surface area contributed by atoms with Crippen molar-refractivity contribution in [2.45, 2.75) is 63.8 Å². The third kappa shape index (κ3) is 1.69. The maximum atomic E-state index is 6.61. The fourth-order valence-corrected chi connectivity index (χ4v) is 2.86. The van der Waals surface area contributed by atoms with Gasteiger partial charge in [-0.3, -0.25) is 0 Å². The second-order valence-electron chi connectivity index (χ2n) is 6.29. The zero-order chi connectivity index (χ0) is 12.1. The van der Waals surface area contributed by atoms with Crippen LogP contribution in [0.2, 0.25) is 0 Å². The van der Waals surface area contributed by atoms with E-state index < -0.39 is 5.54 Å². The van der Waals surface area contributed by atoms with E-state index in [0.29, 0.717) is 5.92 Å². The monoisotopic (exact) mass is 235 g/mol. The molecule has 4 nitrogen and oxygen atoms in total. The van der Waals surface area contributed by atoms with E-state index in [1.54, 1.807) is 0 Å². The second kappa shape index (κ2) is 3.55. The first-order valence-electron chi connectivity index (χ1n) is 6.66. The Morgan fingerprint density at radius 3 is 2.59 bits per heavy atom. The molecule has 1 aromatic rings. The average Bonchev–Trinajstić information content (AvgIpc) is 3.01. The van der Waals surface area contributed by atoms with E-state index in [2.05, 4.69) is 24.0 Å². The Hall–Kier alpha value is -0.900. The molecule has 0 amide bonds. The summed E-state index contributed by atoms with van der Waals surface area (Å²) in [6.45, 7) is 4.44. The highest BCUT2D eigenvalue weighted by Gasteiger charge is 2.48. The van der Waals surface area contributed by atoms with Gasteiger partial charge >= 0.3 is 0 Å². The zero-order valence-corrected chi connectivity index (χ0v) is 10.7. The van der Waals surface area contributed by atoms with Gasteiger partial charge in [0.05, 0.1) is 5.54 Å². The summed E-state index contributed by atoms with van der Waals surface area (Å²) in [5.74, 6) is 2.03. The highest BCUT2D eigenvalue weighted by molar-refractivity contribution is 5.14. The standard InChI is InChI=1S/C13H21N3O/c1-12(2)7-3-4-8-13(12,14)11-15-10(17-16-11)9-5-6-9/h9H,3-8,14H2,1-2H3. The van der Waals surface area contributed by atoms with E-state index in [9.17, 15) is 0 Å². The minimum atomic E-state index is -0.415. The van der Waals surface area contributed by atoms with Crippen molar-refractivity contribution in [3.05, 3.63) is 11.7 Å². The van der Waals surface area contributed by atoms with E-state index in [-0.39, 0.29) is 5.41 Å². The first kappa shape index (κ1) is 11.2. The van der Waals surface area contributed by atoms with Crippen LogP contribution in [0.1, 0.15) is 70.0 Å². The van der Waals surface area contributed by atoms with Gasteiger partial charge in [-0.05, 0) is 31.1 Å². The van der Waals surface area contributed by atoms with Gasteiger partial charge < -0.3 is 10.3 Å². The van der Waals surface area contributed by atoms with E-state index in [4.69, 9.17) is 10.3 Å². The lowest BCUT2D eigenvalue weighted by molar-refractivity contribution is 0.0872. The van der Waals surface area contributed by atoms with Gasteiger partial charge in [-0.25, -0.2) is 0 Å². The third-order valence-corrected chi connectivity index (χ3v) is 4.60. The summed E-state index contributed by atoms with van der Waals surface area (Å²) in [5, 5.41) is 4.16. The molecule has 4 heteroatoms. The predicted octanol–water partition coefficient (Wildman–Crippen LogP) is 2.70. The van der Waals surface area contributed by atoms with Crippen LogP contribution < -0.4 is 5.73 Å². The Kier molecular flexibility index (Phi) is 2.34. The Labute approximate surface area is 102 Å². The van der Waals surface area contributed by atoms with Gasteiger partial charge in [-0.2, -0.15) is 4.98 Å². The number of nitrogens with zero attached hydrogens (tertiary/aromatic N) is 2. The first-order chi connectivity index (χ1) is 8.03. The minimum absolute atomic E-state index is 0.0515. The maximum Gasteiger partial charge on any atom is 0.229 e. The van der Waals surface area contributed by atoms with E-state index >= 15 is 0 Å². The highest BCUT2D eigenvalue weighted by atomic mass is 16.5. The molecule has 0 radical (unpaired) electrons. The van der Waals surface area contributed by atoms with Crippen LogP contribution in [0.15, 0.2) is 4.52 Å². The smallest absolute Gasteiger partial charge is 0.229 e. The van der Waals surface area contributed by atoms with Gasteiger partial charge in [-0.15, -0.1) is 0 Å². The van der Waals surface area contributed by atoms with E-state index in [1.165, 1.54) is 19.3 Å². The SMILES string of the molecule is CC1(C)CCCCC1(N)c1noc(C2CC2)n1. The highest BCUT2D eigenvalue weighted by Crippen LogP contribution is 2.48. The molecule has 0 saturated heterocycles. The number of nitrogens with two attached hydrogens (primary N) is 1. The van der Waals surface area contributed by atoms with Crippen molar-refractivity contribution in [2.24, 2.45) is 11.1 Å². The van der Waals surface area contributed by atoms with Crippen molar-refractivity contribution < 1.29 is 4.52 Å². The number of hydrogen-bond acceptors (Lipinski definition) is 4. The fraction of sp³-hybridized carbons (Fsp3) is 0.846. The van der Waals surface area contributed by atoms with Crippen molar-refractivity contribution >= 4 is 0 Å². The van der Waals surface area contributed by atoms with Crippen LogP contribution >= 0.6 is 0 Å². The molecule has 2 aliphatic carbocycles. The van der Waals surface area contributed by atoms with Gasteiger partial charge in [0.15, 0.2) is 5.82 Å². The number of rotatable bonds is 2. The van der Waals surface area contributed by atoms with E-state index in [0.717, 1.165) is 31.0 Å². The molecule has 0 bridgehead atoms. The molecule has 0 aliphatic heterocycles. The van der Waals surface area contributed by atoms with Crippen LogP contribution in [-0.4, -0.2) is 10.1 Å². The molecule has 1 aromatic heterocycles. The van der Waals surface area contributed by atoms with Crippen molar-refractivity contribution in [3.63, 3.8) is 0 Å². The molecule has 2 aliphatic rings. The van der Waals surface area contributed by atoms with Crippen LogP contribution in [-0.2, 0) is 5.54 Å². The van der Waals surface area contributed by atoms with Gasteiger partial charge in [0.25, 0.3) is 0 Å². The molecule has 2 saturated carbocycles. The second-order valence-corrected chi connectivity index (χ2v) is 6.29. The molecule has 0 aromatic carbocycles. The largest absolute Gasteiger partial charge is 0.339 e. The van der Waals surface area contributed by atoms with Gasteiger partial charge in [0.2, 0.25) is 5.89 Å². The topological polar surface area (TPSA) is 64.9 Å². The van der Waals surface area contributed by atoms with Crippen molar-refractivity contribution in [1.29, 1.82) is 0 Å². The summed E-state index contributed by atoms with van der Waals surface area (Å²) < 4.78 is 5.36. The molecule has 0 spiro atoms. The van der Waals surface area contributed by atoms with Crippen molar-refractivity contribution in [1.82, 2.24) is 10.1 Å². The van der Waals surface area contributed by atoms with Crippen molar-refractivity contribution in [3.8, 4) is 0 Å². The Bertz CT molecular complexity index is 422. The molecule has 17 heavy (non-hydrogen) atoms. The van der Waals surface area contributed by atoms with Crippen LogP contribution in [0.3, 0.4) is 0 Å². The summed E-state index contributed by atoms with van der Waals surface area (Å²) in [5.41, 5.74) is 6.24. The summed E-state index contributed by atoms with van der Waals surface area (Å²) in [4.78, 5) is 4.56. The minimum Gasteiger partial charge on any atom is -0.339 e. The van der Waals surface area contributed by atoms with E-state index in [1.807, 2.05) is 0 Å². The summed E-state index contributed by atoms with van der Waals surface area (Å²) >= 11 is 0. The third-order valence-electron chi connectivity index (χ3n) is 4.60. The summed E-state index contributed by atoms with van der Waals surface area (Å²) in [6.07, 6.45) is 6.87. The first-order valence-corrected chi connectivity index (χ1v) is 6.66. The Morgan fingerprint density at radius 2 is 1.94 bits per heavy atom. The van der Waals surface area contributed by atoms with Gasteiger partial charge in [0.1, 0.15) is 0 Å². The Balaban J connectivity index is 1.93. The van der Waals surface area contributed by atoms with Crippen molar-refractivity contribution in [2.75, 3.05) is 0 Å². The molecule has 1 unspecified atom stereocenters. The lowest BCUT2D eigenvalue weighted by Gasteiger charge is -2.45. The predicted molar refractivity (Wildman–Crippen MR) is 64.4 cm³/mol. The lowest BCUT2D eigenvalue weighted by atomic mass is 9.63. The van der Waals surface area contributed by atoms with Crippen LogP contribution in [0.25, 0.3) is 0 Å². The molecule has 1 atom stereocenters. The fourth-order valence-electron chi connectivity index (χ4n) is 2.86. The lowest BCUT2D eigenvalue weighted by Crippen LogP contribution is -2.52. The molecule has 3 rings (SSSR count). The van der Waals surface area contributed by atoms with Crippen LogP contribution in [0.5, 0.6) is 0 Å².